The molecule has 0 radical (unpaired) electrons. The van der Waals surface area contributed by atoms with Gasteiger partial charge in [-0.05, 0) is 54.3 Å². The predicted octanol–water partition coefficient (Wildman–Crippen LogP) is 3.28. The average molecular weight is 284 g/mol. The summed E-state index contributed by atoms with van der Waals surface area (Å²) in [6.07, 6.45) is 2.70. The van der Waals surface area contributed by atoms with E-state index in [1.54, 1.807) is 0 Å². The van der Waals surface area contributed by atoms with Gasteiger partial charge < -0.3 is 10.5 Å². The number of nitrogen functional groups attached to an aromatic ring is 1. The minimum Gasteiger partial charge on any atom is -0.398 e. The summed E-state index contributed by atoms with van der Waals surface area (Å²) in [5.74, 6) is 0.839. The van der Waals surface area contributed by atoms with Crippen molar-refractivity contribution in [1.82, 2.24) is 4.90 Å². The largest absolute Gasteiger partial charge is 0.398 e. The molecule has 1 saturated carbocycles. The lowest BCUT2D eigenvalue weighted by molar-refractivity contribution is 0.102. The van der Waals surface area contributed by atoms with Gasteiger partial charge in [-0.3, -0.25) is 4.90 Å². The molecular weight excluding hydrogens is 260 g/mol. The summed E-state index contributed by atoms with van der Waals surface area (Å²) in [5.41, 5.74) is 8.25. The van der Waals surface area contributed by atoms with Crippen molar-refractivity contribution >= 4 is 16.5 Å². The van der Waals surface area contributed by atoms with E-state index in [-0.39, 0.29) is 0 Å². The number of benzene rings is 2. The summed E-state index contributed by atoms with van der Waals surface area (Å²) < 4.78 is 5.69. The number of nitrogens with zero attached hydrogens (tertiary/aromatic N) is 1. The molecule has 0 amide bonds. The van der Waals surface area contributed by atoms with Crippen LogP contribution in [0.5, 0.6) is 0 Å². The molecule has 0 atom stereocenters. The standard InChI is InChI=1S/C18H24N2O/c1-20(8-9-21-13-14-6-7-14)12-17-10-15-4-2-3-5-16(15)11-18(17)19/h2-5,10-11,14H,6-9,12-13,19H2,1H3. The maximum absolute atomic E-state index is 6.18. The molecule has 0 bridgehead atoms. The van der Waals surface area contributed by atoms with Crippen LogP contribution in [0.25, 0.3) is 10.8 Å². The lowest BCUT2D eigenvalue weighted by Crippen LogP contribution is -2.23. The van der Waals surface area contributed by atoms with Gasteiger partial charge in [0, 0.05) is 25.4 Å². The first kappa shape index (κ1) is 14.4. The number of hydrogen-bond acceptors (Lipinski definition) is 3. The molecule has 1 aliphatic rings. The number of rotatable bonds is 7. The van der Waals surface area contributed by atoms with Crippen LogP contribution in [0.2, 0.25) is 0 Å². The Morgan fingerprint density at radius 1 is 1.19 bits per heavy atom. The van der Waals surface area contributed by atoms with Gasteiger partial charge in [0.05, 0.1) is 6.61 Å². The first-order chi connectivity index (χ1) is 10.2. The topological polar surface area (TPSA) is 38.5 Å². The molecule has 1 aliphatic carbocycles. The molecule has 21 heavy (non-hydrogen) atoms. The maximum Gasteiger partial charge on any atom is 0.0593 e. The minimum absolute atomic E-state index is 0.806. The van der Waals surface area contributed by atoms with Crippen molar-refractivity contribution in [1.29, 1.82) is 0 Å². The Morgan fingerprint density at radius 3 is 2.62 bits per heavy atom. The van der Waals surface area contributed by atoms with Crippen molar-refractivity contribution in [3.63, 3.8) is 0 Å². The van der Waals surface area contributed by atoms with Crippen molar-refractivity contribution < 1.29 is 4.74 Å². The number of fused-ring (bicyclic) bond motifs is 1. The van der Waals surface area contributed by atoms with Crippen LogP contribution in [0.4, 0.5) is 5.69 Å². The van der Waals surface area contributed by atoms with E-state index in [0.29, 0.717) is 0 Å². The Bertz CT molecular complexity index is 607. The summed E-state index contributed by atoms with van der Waals surface area (Å²) in [6.45, 7) is 3.55. The Hall–Kier alpha value is -1.58. The van der Waals surface area contributed by atoms with Crippen LogP contribution < -0.4 is 5.73 Å². The summed E-state index contributed by atoms with van der Waals surface area (Å²) in [5, 5.41) is 2.45. The number of anilines is 1. The average Bonchev–Trinajstić information content (AvgIpc) is 3.29. The van der Waals surface area contributed by atoms with Crippen molar-refractivity contribution in [3.05, 3.63) is 42.0 Å². The highest BCUT2D eigenvalue weighted by Gasteiger charge is 2.20. The van der Waals surface area contributed by atoms with Gasteiger partial charge in [-0.2, -0.15) is 0 Å². The molecule has 3 heteroatoms. The zero-order chi connectivity index (χ0) is 14.7. The number of ether oxygens (including phenoxy) is 1. The highest BCUT2D eigenvalue weighted by atomic mass is 16.5. The van der Waals surface area contributed by atoms with Crippen molar-refractivity contribution in [3.8, 4) is 0 Å². The summed E-state index contributed by atoms with van der Waals surface area (Å²) in [6, 6.07) is 12.6. The van der Waals surface area contributed by atoms with Crippen molar-refractivity contribution in [2.24, 2.45) is 5.92 Å². The fourth-order valence-electron chi connectivity index (χ4n) is 2.57. The highest BCUT2D eigenvalue weighted by molar-refractivity contribution is 5.86. The smallest absolute Gasteiger partial charge is 0.0593 e. The van der Waals surface area contributed by atoms with Gasteiger partial charge in [-0.25, -0.2) is 0 Å². The van der Waals surface area contributed by atoms with Gasteiger partial charge in [0.1, 0.15) is 0 Å². The molecule has 3 nitrogen and oxygen atoms in total. The van der Waals surface area contributed by atoms with Crippen LogP contribution in [-0.4, -0.2) is 31.7 Å². The van der Waals surface area contributed by atoms with E-state index in [9.17, 15) is 0 Å². The molecule has 2 N–H and O–H groups in total. The lowest BCUT2D eigenvalue weighted by Gasteiger charge is -2.18. The summed E-state index contributed by atoms with van der Waals surface area (Å²) in [4.78, 5) is 2.27. The van der Waals surface area contributed by atoms with E-state index in [2.05, 4.69) is 42.3 Å². The fourth-order valence-corrected chi connectivity index (χ4v) is 2.57. The third kappa shape index (κ3) is 3.96. The summed E-state index contributed by atoms with van der Waals surface area (Å²) >= 11 is 0. The van der Waals surface area contributed by atoms with E-state index in [4.69, 9.17) is 10.5 Å². The number of nitrogens with two attached hydrogens (primary N) is 1. The molecule has 0 saturated heterocycles. The Morgan fingerprint density at radius 2 is 1.90 bits per heavy atom. The Balaban J connectivity index is 1.56. The van der Waals surface area contributed by atoms with Gasteiger partial charge >= 0.3 is 0 Å². The minimum atomic E-state index is 0.806. The third-order valence-corrected chi connectivity index (χ3v) is 4.12. The van der Waals surface area contributed by atoms with Gasteiger partial charge in [0.25, 0.3) is 0 Å². The van der Waals surface area contributed by atoms with E-state index in [1.807, 2.05) is 6.07 Å². The van der Waals surface area contributed by atoms with Crippen molar-refractivity contribution in [2.45, 2.75) is 19.4 Å². The van der Waals surface area contributed by atoms with Crippen LogP contribution in [0.15, 0.2) is 36.4 Å². The molecule has 112 valence electrons. The third-order valence-electron chi connectivity index (χ3n) is 4.12. The molecule has 3 rings (SSSR count). The second-order valence-corrected chi connectivity index (χ2v) is 6.15. The molecular formula is C18H24N2O. The quantitative estimate of drug-likeness (QED) is 0.626. The highest BCUT2D eigenvalue weighted by Crippen LogP contribution is 2.28. The van der Waals surface area contributed by atoms with Crippen LogP contribution in [0, 0.1) is 5.92 Å². The van der Waals surface area contributed by atoms with E-state index < -0.39 is 0 Å². The zero-order valence-corrected chi connectivity index (χ0v) is 12.7. The normalized spacial score (nSPS) is 15.0. The summed E-state index contributed by atoms with van der Waals surface area (Å²) in [7, 11) is 2.12. The molecule has 0 spiro atoms. The van der Waals surface area contributed by atoms with Crippen LogP contribution in [0.1, 0.15) is 18.4 Å². The Labute approximate surface area is 126 Å². The fraction of sp³-hybridized carbons (Fsp3) is 0.444. The van der Waals surface area contributed by atoms with E-state index >= 15 is 0 Å². The van der Waals surface area contributed by atoms with E-state index in [0.717, 1.165) is 37.9 Å². The zero-order valence-electron chi connectivity index (χ0n) is 12.7. The predicted molar refractivity (Wildman–Crippen MR) is 88.2 cm³/mol. The van der Waals surface area contributed by atoms with Crippen LogP contribution >= 0.6 is 0 Å². The first-order valence-electron chi connectivity index (χ1n) is 7.76. The van der Waals surface area contributed by atoms with Gasteiger partial charge in [-0.1, -0.05) is 24.3 Å². The van der Waals surface area contributed by atoms with Crippen molar-refractivity contribution in [2.75, 3.05) is 32.5 Å². The monoisotopic (exact) mass is 284 g/mol. The maximum atomic E-state index is 6.18. The molecule has 0 heterocycles. The van der Waals surface area contributed by atoms with E-state index in [1.165, 1.54) is 29.2 Å². The molecule has 2 aromatic carbocycles. The molecule has 0 aliphatic heterocycles. The molecule has 0 unspecified atom stereocenters. The Kier molecular flexibility index (Phi) is 4.42. The second kappa shape index (κ2) is 6.46. The van der Waals surface area contributed by atoms with Gasteiger partial charge in [0.2, 0.25) is 0 Å². The molecule has 1 fully saturated rings. The second-order valence-electron chi connectivity index (χ2n) is 6.15. The first-order valence-corrected chi connectivity index (χ1v) is 7.76. The molecule has 2 aromatic rings. The number of likely N-dealkylation sites (N-methyl/N-ethyl adjacent to an activating group) is 1. The lowest BCUT2D eigenvalue weighted by atomic mass is 10.0. The molecule has 0 aromatic heterocycles. The SMILES string of the molecule is CN(CCOCC1CC1)Cc1cc2ccccc2cc1N. The van der Waals surface area contributed by atoms with Crippen LogP contribution in [0.3, 0.4) is 0 Å². The van der Waals surface area contributed by atoms with Crippen LogP contribution in [-0.2, 0) is 11.3 Å². The van der Waals surface area contributed by atoms with Gasteiger partial charge in [-0.15, -0.1) is 0 Å². The van der Waals surface area contributed by atoms with Gasteiger partial charge in [0.15, 0.2) is 0 Å². The number of hydrogen-bond donors (Lipinski definition) is 1.